The number of hydrogen-bond donors (Lipinski definition) is 2. The van der Waals surface area contributed by atoms with Gasteiger partial charge in [-0.3, -0.25) is 4.79 Å². The molecule has 18 heavy (non-hydrogen) atoms. The van der Waals surface area contributed by atoms with E-state index in [0.29, 0.717) is 17.1 Å². The predicted molar refractivity (Wildman–Crippen MR) is 76.3 cm³/mol. The van der Waals surface area contributed by atoms with Gasteiger partial charge in [0.25, 0.3) is 5.91 Å². The molecule has 1 N–H and O–H groups in total. The van der Waals surface area contributed by atoms with Gasteiger partial charge in [0.1, 0.15) is 0 Å². The van der Waals surface area contributed by atoms with E-state index in [0.717, 1.165) is 10.5 Å². The minimum atomic E-state index is -0.0988. The first-order chi connectivity index (χ1) is 8.65. The molecule has 0 aromatic heterocycles. The van der Waals surface area contributed by atoms with Crippen molar-refractivity contribution in [2.75, 3.05) is 0 Å². The Labute approximate surface area is 116 Å². The van der Waals surface area contributed by atoms with Crippen molar-refractivity contribution >= 4 is 30.1 Å². The predicted octanol–water partition coefficient (Wildman–Crippen LogP) is 3.56. The van der Waals surface area contributed by atoms with Gasteiger partial charge in [0, 0.05) is 22.0 Å². The number of carbonyl (C=O) groups excluding carboxylic acids is 1. The van der Waals surface area contributed by atoms with Gasteiger partial charge >= 0.3 is 0 Å². The molecule has 0 fully saturated rings. The number of hydrogen-bond acceptors (Lipinski definition) is 2. The first-order valence-electron chi connectivity index (χ1n) is 5.47. The largest absolute Gasteiger partial charge is 0.348 e. The lowest BCUT2D eigenvalue weighted by Crippen LogP contribution is -2.22. The van der Waals surface area contributed by atoms with Crippen LogP contribution in [0.3, 0.4) is 0 Å². The van der Waals surface area contributed by atoms with E-state index in [2.05, 4.69) is 17.9 Å². The van der Waals surface area contributed by atoms with Crippen molar-refractivity contribution in [3.05, 3.63) is 64.7 Å². The fraction of sp³-hybridized carbons (Fsp3) is 0.0714. The Balaban J connectivity index is 1.96. The number of carbonyl (C=O) groups is 1. The van der Waals surface area contributed by atoms with E-state index in [-0.39, 0.29) is 5.91 Å². The SMILES string of the molecule is O=C(NCc1ccc(Cl)cc1)c1ccc(S)cc1. The van der Waals surface area contributed by atoms with E-state index >= 15 is 0 Å². The molecule has 0 bridgehead atoms. The average molecular weight is 278 g/mol. The molecule has 0 aliphatic carbocycles. The van der Waals surface area contributed by atoms with Crippen LogP contribution < -0.4 is 5.32 Å². The summed E-state index contributed by atoms with van der Waals surface area (Å²) in [7, 11) is 0. The highest BCUT2D eigenvalue weighted by Gasteiger charge is 2.04. The maximum Gasteiger partial charge on any atom is 0.251 e. The third-order valence-electron chi connectivity index (χ3n) is 2.50. The van der Waals surface area contributed by atoms with Crippen molar-refractivity contribution in [3.8, 4) is 0 Å². The monoisotopic (exact) mass is 277 g/mol. The molecule has 0 saturated carbocycles. The van der Waals surface area contributed by atoms with Crippen molar-refractivity contribution in [1.29, 1.82) is 0 Å². The Morgan fingerprint density at radius 1 is 1.06 bits per heavy atom. The van der Waals surface area contributed by atoms with Gasteiger partial charge in [0.2, 0.25) is 0 Å². The summed E-state index contributed by atoms with van der Waals surface area (Å²) in [4.78, 5) is 12.7. The molecule has 0 aliphatic heterocycles. The standard InChI is InChI=1S/C14H12ClNOS/c15-12-5-1-10(2-6-12)9-16-14(17)11-3-7-13(18)8-4-11/h1-8,18H,9H2,(H,16,17). The molecule has 92 valence electrons. The molecule has 2 aromatic rings. The lowest BCUT2D eigenvalue weighted by atomic mass is 10.2. The molecular formula is C14H12ClNOS. The van der Waals surface area contributed by atoms with E-state index in [1.165, 1.54) is 0 Å². The Morgan fingerprint density at radius 2 is 1.67 bits per heavy atom. The lowest BCUT2D eigenvalue weighted by molar-refractivity contribution is 0.0951. The summed E-state index contributed by atoms with van der Waals surface area (Å²) in [6.45, 7) is 0.485. The zero-order valence-corrected chi connectivity index (χ0v) is 11.2. The maximum atomic E-state index is 11.8. The molecule has 4 heteroatoms. The third kappa shape index (κ3) is 3.52. The van der Waals surface area contributed by atoms with Crippen molar-refractivity contribution < 1.29 is 4.79 Å². The summed E-state index contributed by atoms with van der Waals surface area (Å²) >= 11 is 9.97. The normalized spacial score (nSPS) is 10.1. The second kappa shape index (κ2) is 5.94. The minimum absolute atomic E-state index is 0.0988. The van der Waals surface area contributed by atoms with Crippen LogP contribution in [0.4, 0.5) is 0 Å². The van der Waals surface area contributed by atoms with Crippen LogP contribution >= 0.6 is 24.2 Å². The summed E-state index contributed by atoms with van der Waals surface area (Å²) in [6, 6.07) is 14.5. The van der Waals surface area contributed by atoms with Gasteiger partial charge in [0.05, 0.1) is 0 Å². The first-order valence-corrected chi connectivity index (χ1v) is 6.29. The van der Waals surface area contributed by atoms with E-state index in [1.807, 2.05) is 12.1 Å². The summed E-state index contributed by atoms with van der Waals surface area (Å²) < 4.78 is 0. The van der Waals surface area contributed by atoms with E-state index in [4.69, 9.17) is 11.6 Å². The van der Waals surface area contributed by atoms with E-state index in [1.54, 1.807) is 36.4 Å². The quantitative estimate of drug-likeness (QED) is 0.826. The smallest absolute Gasteiger partial charge is 0.251 e. The van der Waals surface area contributed by atoms with Crippen molar-refractivity contribution in [3.63, 3.8) is 0 Å². The zero-order chi connectivity index (χ0) is 13.0. The summed E-state index contributed by atoms with van der Waals surface area (Å²) in [5.41, 5.74) is 1.64. The number of benzene rings is 2. The van der Waals surface area contributed by atoms with Crippen molar-refractivity contribution in [1.82, 2.24) is 5.32 Å². The number of thiol groups is 1. The van der Waals surface area contributed by atoms with Crippen molar-refractivity contribution in [2.45, 2.75) is 11.4 Å². The summed E-state index contributed by atoms with van der Waals surface area (Å²) in [6.07, 6.45) is 0. The number of halogens is 1. The van der Waals surface area contributed by atoms with Gasteiger partial charge in [-0.25, -0.2) is 0 Å². The number of nitrogens with one attached hydrogen (secondary N) is 1. The molecule has 2 aromatic carbocycles. The second-order valence-electron chi connectivity index (χ2n) is 3.86. The van der Waals surface area contributed by atoms with Gasteiger partial charge in [-0.1, -0.05) is 23.7 Å². The Kier molecular flexibility index (Phi) is 4.28. The molecule has 0 unspecified atom stereocenters. The van der Waals surface area contributed by atoms with Gasteiger partial charge in [-0.05, 0) is 42.0 Å². The van der Waals surface area contributed by atoms with Gasteiger partial charge in [-0.2, -0.15) is 0 Å². The van der Waals surface area contributed by atoms with Crippen LogP contribution in [0.2, 0.25) is 5.02 Å². The minimum Gasteiger partial charge on any atom is -0.348 e. The molecule has 0 aliphatic rings. The van der Waals surface area contributed by atoms with Crippen LogP contribution in [-0.4, -0.2) is 5.91 Å². The Morgan fingerprint density at radius 3 is 2.28 bits per heavy atom. The molecule has 0 spiro atoms. The Hall–Kier alpha value is -1.45. The van der Waals surface area contributed by atoms with Crippen LogP contribution in [0.25, 0.3) is 0 Å². The summed E-state index contributed by atoms with van der Waals surface area (Å²) in [5, 5.41) is 3.54. The van der Waals surface area contributed by atoms with Crippen LogP contribution in [-0.2, 0) is 6.54 Å². The number of rotatable bonds is 3. The molecule has 2 nitrogen and oxygen atoms in total. The number of amides is 1. The van der Waals surface area contributed by atoms with Crippen LogP contribution in [0.5, 0.6) is 0 Å². The van der Waals surface area contributed by atoms with Gasteiger partial charge in [-0.15, -0.1) is 12.6 Å². The van der Waals surface area contributed by atoms with Crippen LogP contribution in [0.15, 0.2) is 53.4 Å². The highest BCUT2D eigenvalue weighted by molar-refractivity contribution is 7.80. The fourth-order valence-corrected chi connectivity index (χ4v) is 1.77. The molecule has 0 radical (unpaired) electrons. The average Bonchev–Trinajstić information content (AvgIpc) is 2.38. The highest BCUT2D eigenvalue weighted by Crippen LogP contribution is 2.10. The van der Waals surface area contributed by atoms with Gasteiger partial charge < -0.3 is 5.32 Å². The molecule has 0 atom stereocenters. The highest BCUT2D eigenvalue weighted by atomic mass is 35.5. The Bertz CT molecular complexity index is 537. The maximum absolute atomic E-state index is 11.8. The fourth-order valence-electron chi connectivity index (χ4n) is 1.50. The second-order valence-corrected chi connectivity index (χ2v) is 4.81. The van der Waals surface area contributed by atoms with Gasteiger partial charge in [0.15, 0.2) is 0 Å². The molecule has 1 amide bonds. The zero-order valence-electron chi connectivity index (χ0n) is 9.56. The van der Waals surface area contributed by atoms with Crippen LogP contribution in [0.1, 0.15) is 15.9 Å². The summed E-state index contributed by atoms with van der Waals surface area (Å²) in [5.74, 6) is -0.0988. The topological polar surface area (TPSA) is 29.1 Å². The van der Waals surface area contributed by atoms with E-state index in [9.17, 15) is 4.79 Å². The van der Waals surface area contributed by atoms with E-state index < -0.39 is 0 Å². The molecular weight excluding hydrogens is 266 g/mol. The molecule has 0 heterocycles. The molecule has 0 saturated heterocycles. The third-order valence-corrected chi connectivity index (χ3v) is 3.05. The lowest BCUT2D eigenvalue weighted by Gasteiger charge is -2.05. The first kappa shape index (κ1) is 13.0. The van der Waals surface area contributed by atoms with Crippen molar-refractivity contribution in [2.24, 2.45) is 0 Å². The molecule has 2 rings (SSSR count). The van der Waals surface area contributed by atoms with Crippen LogP contribution in [0, 0.1) is 0 Å².